The monoisotopic (exact) mass is 138 g/mol. The molecule has 3 aliphatic carbocycles. The van der Waals surface area contributed by atoms with Gasteiger partial charge in [-0.25, -0.2) is 0 Å². The van der Waals surface area contributed by atoms with Crippen molar-refractivity contribution < 1.29 is 4.79 Å². The van der Waals surface area contributed by atoms with Gasteiger partial charge in [-0.2, -0.15) is 0 Å². The average molecular weight is 138 g/mol. The first-order valence-electron chi connectivity index (χ1n) is 4.12. The Hall–Kier alpha value is -0.330. The molecule has 0 spiro atoms. The van der Waals surface area contributed by atoms with Crippen LogP contribution >= 0.6 is 0 Å². The molecule has 0 aromatic carbocycles. The van der Waals surface area contributed by atoms with Crippen LogP contribution in [-0.2, 0) is 4.79 Å². The van der Waals surface area contributed by atoms with Gasteiger partial charge in [0.1, 0.15) is 5.78 Å². The summed E-state index contributed by atoms with van der Waals surface area (Å²) in [5, 5.41) is 0. The van der Waals surface area contributed by atoms with Crippen molar-refractivity contribution in [3.63, 3.8) is 0 Å². The van der Waals surface area contributed by atoms with Gasteiger partial charge >= 0.3 is 0 Å². The molecule has 0 aromatic rings. The summed E-state index contributed by atoms with van der Waals surface area (Å²) in [7, 11) is 0. The lowest BCUT2D eigenvalue weighted by atomic mass is 9.49. The number of hydrogen-bond donors (Lipinski definition) is 0. The van der Waals surface area contributed by atoms with Gasteiger partial charge in [0.05, 0.1) is 0 Å². The molecule has 2 unspecified atom stereocenters. The molecule has 1 nitrogen and oxygen atoms in total. The van der Waals surface area contributed by atoms with Crippen molar-refractivity contribution in [1.82, 2.24) is 0 Å². The second-order valence-corrected chi connectivity index (χ2v) is 4.40. The highest BCUT2D eigenvalue weighted by Gasteiger charge is 2.52. The van der Waals surface area contributed by atoms with Gasteiger partial charge in [0, 0.05) is 12.8 Å². The van der Waals surface area contributed by atoms with E-state index in [9.17, 15) is 4.79 Å². The first kappa shape index (κ1) is 6.38. The van der Waals surface area contributed by atoms with Crippen molar-refractivity contribution in [2.24, 2.45) is 17.3 Å². The molecule has 56 valence electrons. The molecule has 0 saturated heterocycles. The molecule has 0 amide bonds. The molecular formula is C9H14O. The highest BCUT2D eigenvalue weighted by molar-refractivity contribution is 5.81. The molecule has 0 aliphatic heterocycles. The highest BCUT2D eigenvalue weighted by Crippen LogP contribution is 2.57. The van der Waals surface area contributed by atoms with E-state index < -0.39 is 0 Å². The molecule has 2 bridgehead atoms. The van der Waals surface area contributed by atoms with Crippen molar-refractivity contribution >= 4 is 5.78 Å². The van der Waals surface area contributed by atoms with Crippen LogP contribution in [0.5, 0.6) is 0 Å². The zero-order valence-corrected chi connectivity index (χ0v) is 6.68. The van der Waals surface area contributed by atoms with Crippen molar-refractivity contribution in [2.75, 3.05) is 0 Å². The van der Waals surface area contributed by atoms with Crippen molar-refractivity contribution in [3.05, 3.63) is 0 Å². The lowest BCUT2D eigenvalue weighted by molar-refractivity contribution is -0.140. The van der Waals surface area contributed by atoms with E-state index in [-0.39, 0.29) is 0 Å². The summed E-state index contributed by atoms with van der Waals surface area (Å²) in [6.07, 6.45) is 3.05. The fourth-order valence-electron chi connectivity index (χ4n) is 2.45. The SMILES string of the molecule is CC1(C)C2CC(=O)CC1C2. The Morgan fingerprint density at radius 2 is 1.80 bits per heavy atom. The third kappa shape index (κ3) is 0.609. The summed E-state index contributed by atoms with van der Waals surface area (Å²) < 4.78 is 0. The van der Waals surface area contributed by atoms with Crippen LogP contribution in [-0.4, -0.2) is 5.78 Å². The highest BCUT2D eigenvalue weighted by atomic mass is 16.1. The molecule has 0 radical (unpaired) electrons. The largest absolute Gasteiger partial charge is 0.300 e. The van der Waals surface area contributed by atoms with E-state index in [4.69, 9.17) is 0 Å². The Morgan fingerprint density at radius 3 is 2.10 bits per heavy atom. The van der Waals surface area contributed by atoms with Crippen molar-refractivity contribution in [2.45, 2.75) is 33.1 Å². The quantitative estimate of drug-likeness (QED) is 0.500. The van der Waals surface area contributed by atoms with Crippen LogP contribution < -0.4 is 0 Å². The second kappa shape index (κ2) is 1.63. The number of carbonyl (C=O) groups is 1. The molecule has 10 heavy (non-hydrogen) atoms. The van der Waals surface area contributed by atoms with Gasteiger partial charge in [0.15, 0.2) is 0 Å². The number of fused-ring (bicyclic) bond motifs is 2. The Kier molecular flexibility index (Phi) is 1.04. The zero-order chi connectivity index (χ0) is 7.35. The Labute approximate surface area is 61.8 Å². The van der Waals surface area contributed by atoms with Gasteiger partial charge in [0.25, 0.3) is 0 Å². The normalized spacial score (nSPS) is 42.8. The Morgan fingerprint density at radius 1 is 1.30 bits per heavy atom. The minimum atomic E-state index is 0.494. The number of hydrogen-bond acceptors (Lipinski definition) is 1. The third-order valence-electron chi connectivity index (χ3n) is 3.62. The number of ketones is 1. The second-order valence-electron chi connectivity index (χ2n) is 4.40. The van der Waals surface area contributed by atoms with Crippen molar-refractivity contribution in [1.29, 1.82) is 0 Å². The van der Waals surface area contributed by atoms with Crippen LogP contribution in [0.15, 0.2) is 0 Å². The summed E-state index contributed by atoms with van der Waals surface area (Å²) in [5.74, 6) is 1.94. The van der Waals surface area contributed by atoms with Crippen molar-refractivity contribution in [3.8, 4) is 0 Å². The predicted octanol–water partition coefficient (Wildman–Crippen LogP) is 2.01. The molecule has 0 heterocycles. The minimum Gasteiger partial charge on any atom is -0.300 e. The maximum Gasteiger partial charge on any atom is 0.133 e. The predicted molar refractivity (Wildman–Crippen MR) is 39.6 cm³/mol. The molecular weight excluding hydrogens is 124 g/mol. The van der Waals surface area contributed by atoms with E-state index in [0.717, 1.165) is 24.7 Å². The summed E-state index contributed by atoms with van der Waals surface area (Å²) in [6.45, 7) is 4.61. The summed E-state index contributed by atoms with van der Waals surface area (Å²) >= 11 is 0. The lowest BCUT2D eigenvalue weighted by Crippen LogP contribution is -2.50. The average Bonchev–Trinajstić information content (AvgIpc) is 1.87. The van der Waals surface area contributed by atoms with Gasteiger partial charge in [-0.1, -0.05) is 13.8 Å². The molecule has 0 N–H and O–H groups in total. The molecule has 0 aromatic heterocycles. The van der Waals surface area contributed by atoms with E-state index in [1.54, 1.807) is 0 Å². The summed E-state index contributed by atoms with van der Waals surface area (Å²) in [6, 6.07) is 0. The van der Waals surface area contributed by atoms with E-state index in [1.165, 1.54) is 6.42 Å². The van der Waals surface area contributed by atoms with Gasteiger partial charge < -0.3 is 0 Å². The molecule has 3 fully saturated rings. The molecule has 3 saturated carbocycles. The van der Waals surface area contributed by atoms with Crippen LogP contribution in [0.3, 0.4) is 0 Å². The maximum absolute atomic E-state index is 11.0. The van der Waals surface area contributed by atoms with Gasteiger partial charge in [-0.3, -0.25) is 4.79 Å². The third-order valence-corrected chi connectivity index (χ3v) is 3.62. The van der Waals surface area contributed by atoms with Crippen LogP contribution in [0.2, 0.25) is 0 Å². The molecule has 1 heteroatoms. The van der Waals surface area contributed by atoms with Gasteiger partial charge in [0.2, 0.25) is 0 Å². The number of rotatable bonds is 0. The van der Waals surface area contributed by atoms with Crippen LogP contribution in [0.4, 0.5) is 0 Å². The van der Waals surface area contributed by atoms with Crippen LogP contribution in [0.25, 0.3) is 0 Å². The molecule has 3 rings (SSSR count). The fraction of sp³-hybridized carbons (Fsp3) is 0.889. The van der Waals surface area contributed by atoms with E-state index >= 15 is 0 Å². The first-order chi connectivity index (χ1) is 4.60. The van der Waals surface area contributed by atoms with E-state index in [0.29, 0.717) is 11.2 Å². The minimum absolute atomic E-state index is 0.494. The standard InChI is InChI=1S/C9H14O/c1-9(2)6-3-7(9)5-8(10)4-6/h6-7H,3-5H2,1-2H3. The van der Waals surface area contributed by atoms with Gasteiger partial charge in [-0.05, 0) is 23.7 Å². The molecule has 2 atom stereocenters. The number of Topliss-reactive ketones (excluding diaryl/α,β-unsaturated/α-hetero) is 1. The van der Waals surface area contributed by atoms with E-state index in [2.05, 4.69) is 13.8 Å². The zero-order valence-electron chi connectivity index (χ0n) is 6.68. The summed E-state index contributed by atoms with van der Waals surface area (Å²) in [5.41, 5.74) is 0.494. The topological polar surface area (TPSA) is 17.1 Å². The maximum atomic E-state index is 11.0. The number of carbonyl (C=O) groups excluding carboxylic acids is 1. The first-order valence-corrected chi connectivity index (χ1v) is 4.12. The van der Waals surface area contributed by atoms with Crippen LogP contribution in [0, 0.1) is 17.3 Å². The van der Waals surface area contributed by atoms with Crippen LogP contribution in [0.1, 0.15) is 33.1 Å². The summed E-state index contributed by atoms with van der Waals surface area (Å²) in [4.78, 5) is 11.0. The molecule has 3 aliphatic rings. The van der Waals surface area contributed by atoms with E-state index in [1.807, 2.05) is 0 Å². The Balaban J connectivity index is 2.17. The Bertz CT molecular complexity index is 165. The van der Waals surface area contributed by atoms with Gasteiger partial charge in [-0.15, -0.1) is 0 Å². The lowest BCUT2D eigenvalue weighted by Gasteiger charge is -2.55. The smallest absolute Gasteiger partial charge is 0.133 e. The fourth-order valence-corrected chi connectivity index (χ4v) is 2.45.